The number of oxazole rings is 2. The van der Waals surface area contributed by atoms with Crippen LogP contribution in [0.4, 0.5) is 29.1 Å². The second-order valence-corrected chi connectivity index (χ2v) is 22.0. The SMILES string of the molecule is C1CNC1.Cn1cc(-c2nc(C(=O)NCc3cccc(N4CCC4)n3)c(N)nc2-c2ncco2)ccc1=O.Cn1cc(-c2nc(C(=O)O)c(N)nc2-c2ncco2)ccc1=O.N#Cc1cccc(Br)n1.N#Cc1cccc(N2CCC2)n1.NCc1cccc(N2CCC2)n1.O=CO[O-].[H-].[K+].[K+]. The van der Waals surface area contributed by atoms with Gasteiger partial charge in [-0.05, 0) is 115 Å². The van der Waals surface area contributed by atoms with Gasteiger partial charge in [-0.15, -0.1) is 0 Å². The van der Waals surface area contributed by atoms with Crippen molar-refractivity contribution in [1.82, 2.24) is 69.6 Å². The van der Waals surface area contributed by atoms with E-state index in [0.29, 0.717) is 39.4 Å². The van der Waals surface area contributed by atoms with Gasteiger partial charge >= 0.3 is 109 Å². The molecule has 4 aliphatic heterocycles. The van der Waals surface area contributed by atoms with Gasteiger partial charge in [0.05, 0.1) is 30.3 Å². The largest absolute Gasteiger partial charge is 1.00 e. The molecule has 14 heterocycles. The van der Waals surface area contributed by atoms with Crippen LogP contribution in [0.25, 0.3) is 45.7 Å². The third-order valence-electron chi connectivity index (χ3n) is 14.4. The minimum Gasteiger partial charge on any atom is -1.00 e. The van der Waals surface area contributed by atoms with Crippen molar-refractivity contribution in [2.24, 2.45) is 19.8 Å². The molecular weight excluding hydrogens is 1410 g/mol. The first-order chi connectivity index (χ1) is 47.5. The Morgan fingerprint density at radius 3 is 1.44 bits per heavy atom. The number of aryl methyl sites for hydroxylation is 2. The van der Waals surface area contributed by atoms with E-state index >= 15 is 0 Å². The van der Waals surface area contributed by atoms with Gasteiger partial charge in [-0.3, -0.25) is 19.2 Å². The number of hydrogen-bond donors (Lipinski definition) is 6. The van der Waals surface area contributed by atoms with Gasteiger partial charge in [0.1, 0.15) is 69.5 Å². The van der Waals surface area contributed by atoms with Crippen LogP contribution in [-0.4, -0.2) is 135 Å². The number of halogens is 1. The zero-order chi connectivity index (χ0) is 69.9. The summed E-state index contributed by atoms with van der Waals surface area (Å²) in [7, 11) is 3.19. The molecule has 10 aromatic heterocycles. The fourth-order valence-corrected chi connectivity index (χ4v) is 9.11. The predicted molar refractivity (Wildman–Crippen MR) is 362 cm³/mol. The molecule has 0 bridgehead atoms. The summed E-state index contributed by atoms with van der Waals surface area (Å²) in [5.41, 5.74) is 21.1. The molecule has 9 N–H and O–H groups in total. The number of amides is 1. The van der Waals surface area contributed by atoms with E-state index in [4.69, 9.17) is 46.6 Å². The molecule has 35 heteroatoms. The normalized spacial score (nSPS) is 12.5. The number of aromatic nitrogens is 12. The number of hydrogen-bond acceptors (Lipinski definition) is 28. The maximum Gasteiger partial charge on any atom is 1.00 e. The van der Waals surface area contributed by atoms with Gasteiger partial charge < -0.3 is 77.2 Å². The first kappa shape index (κ1) is 80.1. The number of carbonyl (C=O) groups excluding carboxylic acids is 2. The van der Waals surface area contributed by atoms with Crippen LogP contribution >= 0.6 is 15.9 Å². The van der Waals surface area contributed by atoms with Gasteiger partial charge in [0.25, 0.3) is 12.4 Å². The zero-order valence-electron chi connectivity index (χ0n) is 56.0. The summed E-state index contributed by atoms with van der Waals surface area (Å²) in [6.07, 6.45) is 13.8. The number of carbonyl (C=O) groups is 3. The molecule has 0 radical (unpaired) electrons. The van der Waals surface area contributed by atoms with E-state index in [1.54, 1.807) is 50.6 Å². The molecule has 0 atom stereocenters. The van der Waals surface area contributed by atoms with Crippen molar-refractivity contribution in [1.29, 1.82) is 10.5 Å². The fraction of sp³-hybridized carbons (Fsp3) is 0.246. The number of nitrogens with zero attached hydrogens (tertiary/aromatic N) is 17. The summed E-state index contributed by atoms with van der Waals surface area (Å²) in [4.78, 5) is 108. The van der Waals surface area contributed by atoms with Gasteiger partial charge in [-0.1, -0.05) is 24.3 Å². The quantitative estimate of drug-likeness (QED) is 0.0253. The summed E-state index contributed by atoms with van der Waals surface area (Å²) in [5, 5.41) is 40.5. The van der Waals surface area contributed by atoms with Crippen LogP contribution in [0.3, 0.4) is 0 Å². The average molecular weight is 1470 g/mol. The molecule has 4 fully saturated rings. The number of nitrogens with one attached hydrogen (secondary N) is 2. The van der Waals surface area contributed by atoms with Gasteiger partial charge in [-0.2, -0.15) is 10.5 Å². The van der Waals surface area contributed by atoms with E-state index < -0.39 is 11.9 Å². The van der Waals surface area contributed by atoms with E-state index in [2.05, 4.69) is 96.0 Å². The van der Waals surface area contributed by atoms with Crippen molar-refractivity contribution in [2.75, 3.05) is 78.5 Å². The van der Waals surface area contributed by atoms with Crippen molar-refractivity contribution in [3.8, 4) is 57.8 Å². The molecule has 0 spiro atoms. The summed E-state index contributed by atoms with van der Waals surface area (Å²) >= 11 is 3.14. The summed E-state index contributed by atoms with van der Waals surface area (Å²) in [6.45, 7) is 9.45. The monoisotopic (exact) mass is 1470 g/mol. The van der Waals surface area contributed by atoms with Gasteiger partial charge in [-0.25, -0.2) is 54.6 Å². The number of carboxylic acids is 1. The minimum absolute atomic E-state index is 0. The first-order valence-corrected chi connectivity index (χ1v) is 31.0. The van der Waals surface area contributed by atoms with Crippen molar-refractivity contribution in [3.63, 3.8) is 0 Å². The standard InChI is InChI=1S/C23H22N8O3.C14H11N5O4.C9H13N3.C9H9N3.C6H3BrN2.C3H7N.CH2O3.2K.H/c1-30-13-14(6-7-17(30)32)18-19(23-25-8-11-34-23)29-21(24)20(28-18)22(33)26-12-15-4-2-5-16(27-15)31-9-3-10-31;1-19-6-7(2-3-8(19)20)9-10(13-16-4-5-23-13)18-12(15)11(17-9)14(21)22;2*10-7-8-3-1-4-9(11-8)12-5-2-6-12;7-6-3-1-2-5(4-8)9-6;1-2-4-3-1;2-1-4-3;;;/h2,4-8,11,13H,3,9-10,12H2,1H3,(H2,24,29)(H,26,33);2-6H,1H3,(H2,15,18)(H,21,22);1,3-4H,2,5-7,10H2;1,3-4H,2,5-6H2;1-3H;4H,1-3H2;1,3H;;;/q;;;;;;;2*+1;-1/p-1. The molecule has 4 saturated heterocycles. The van der Waals surface area contributed by atoms with Gasteiger partial charge in [0.15, 0.2) is 34.4 Å². The molecule has 0 saturated carbocycles. The maximum atomic E-state index is 13.0. The Bertz CT molecular complexity index is 4550. The molecule has 14 rings (SSSR count). The number of carboxylic acid groups (broad SMARTS) is 1. The Morgan fingerprint density at radius 2 is 1.06 bits per heavy atom. The van der Waals surface area contributed by atoms with Crippen molar-refractivity contribution >= 4 is 63.4 Å². The summed E-state index contributed by atoms with van der Waals surface area (Å²) in [6, 6.07) is 32.3. The van der Waals surface area contributed by atoms with Crippen LogP contribution in [0.5, 0.6) is 0 Å². The fourth-order valence-electron chi connectivity index (χ4n) is 8.77. The molecule has 0 aromatic carbocycles. The molecule has 0 unspecified atom stereocenters. The third kappa shape index (κ3) is 23.1. The number of nitrogens with two attached hydrogens (primary N) is 3. The Morgan fingerprint density at radius 1 is 0.640 bits per heavy atom. The Labute approximate surface area is 667 Å². The first-order valence-electron chi connectivity index (χ1n) is 30.2. The number of nitriles is 2. The van der Waals surface area contributed by atoms with Crippen molar-refractivity contribution in [3.05, 3.63) is 194 Å². The minimum atomic E-state index is -1.31. The Kier molecular flexibility index (Phi) is 32.8. The van der Waals surface area contributed by atoms with E-state index in [-0.39, 0.29) is 180 Å². The molecule has 506 valence electrons. The zero-order valence-corrected chi connectivity index (χ0v) is 62.8. The topological polar surface area (TPSA) is 462 Å². The van der Waals surface area contributed by atoms with E-state index in [1.807, 2.05) is 60.7 Å². The van der Waals surface area contributed by atoms with Crippen LogP contribution < -0.4 is 162 Å². The molecule has 4 aliphatic rings. The van der Waals surface area contributed by atoms with Crippen molar-refractivity contribution < 1.29 is 143 Å². The predicted octanol–water partition coefficient (Wildman–Crippen LogP) is -1.44. The van der Waals surface area contributed by atoms with Crippen LogP contribution in [0.2, 0.25) is 0 Å². The molecule has 10 aromatic rings. The van der Waals surface area contributed by atoms with Gasteiger partial charge in [0.2, 0.25) is 22.9 Å². The molecule has 32 nitrogen and oxygen atoms in total. The van der Waals surface area contributed by atoms with Crippen LogP contribution in [0.1, 0.15) is 70.9 Å². The van der Waals surface area contributed by atoms with Crippen LogP contribution in [0.15, 0.2) is 157 Å². The van der Waals surface area contributed by atoms with Crippen LogP contribution in [0, 0.1) is 22.7 Å². The molecule has 100 heavy (non-hydrogen) atoms. The smallest absolute Gasteiger partial charge is 1.00 e. The van der Waals surface area contributed by atoms with E-state index in [1.165, 1.54) is 90.8 Å². The third-order valence-corrected chi connectivity index (χ3v) is 14.9. The number of rotatable bonds is 13. The molecular formula is C65H67BrK2N22O10. The summed E-state index contributed by atoms with van der Waals surface area (Å²) < 4.78 is 14.0. The van der Waals surface area contributed by atoms with Crippen molar-refractivity contribution in [2.45, 2.75) is 38.8 Å². The molecule has 1 amide bonds. The molecule has 0 aliphatic carbocycles. The van der Waals surface area contributed by atoms with E-state index in [9.17, 15) is 24.3 Å². The number of nitrogen functional groups attached to an aromatic ring is 2. The van der Waals surface area contributed by atoms with Gasteiger partial charge in [0, 0.05) is 95.6 Å². The second-order valence-electron chi connectivity index (χ2n) is 21.2. The maximum absolute atomic E-state index is 13.0. The Balaban J connectivity index is 0.000000236. The number of aromatic carboxylic acids is 1. The second kappa shape index (κ2) is 41.0. The average Bonchev–Trinajstić information content (AvgIpc) is 1.72. The number of anilines is 5. The van der Waals surface area contributed by atoms with E-state index in [0.717, 1.165) is 74.5 Å². The summed E-state index contributed by atoms with van der Waals surface area (Å²) in [5.74, 6) is 1.12. The Hall–Kier alpha value is -8.90. The van der Waals surface area contributed by atoms with Crippen LogP contribution in [-0.2, 0) is 36.9 Å². The number of pyridine rings is 6.